The Morgan fingerprint density at radius 1 is 1.39 bits per heavy atom. The van der Waals surface area contributed by atoms with Crippen LogP contribution in [-0.2, 0) is 9.47 Å². The maximum atomic E-state index is 5.55. The van der Waals surface area contributed by atoms with Gasteiger partial charge in [-0.1, -0.05) is 13.3 Å². The first-order chi connectivity index (χ1) is 8.86. The molecule has 1 rings (SSSR count). The molecule has 0 amide bonds. The topological polar surface area (TPSA) is 54.9 Å². The third-order valence-electron chi connectivity index (χ3n) is 2.93. The normalized spacial score (nSPS) is 20.1. The van der Waals surface area contributed by atoms with Gasteiger partial charge >= 0.3 is 0 Å². The highest BCUT2D eigenvalue weighted by Crippen LogP contribution is 2.10. The zero-order valence-electron chi connectivity index (χ0n) is 11.7. The molecule has 0 aromatic carbocycles. The van der Waals surface area contributed by atoms with Crippen molar-refractivity contribution in [1.29, 1.82) is 0 Å². The maximum Gasteiger partial charge on any atom is 0.191 e. The molecule has 0 aromatic rings. The summed E-state index contributed by atoms with van der Waals surface area (Å²) in [6, 6.07) is 0. The van der Waals surface area contributed by atoms with Gasteiger partial charge in [0.15, 0.2) is 5.96 Å². The molecule has 2 N–H and O–H groups in total. The van der Waals surface area contributed by atoms with Crippen LogP contribution in [0.1, 0.15) is 32.6 Å². The molecule has 18 heavy (non-hydrogen) atoms. The number of unbranched alkanes of at least 4 members (excludes halogenated alkanes) is 1. The Kier molecular flexibility index (Phi) is 8.59. The van der Waals surface area contributed by atoms with E-state index in [0.717, 1.165) is 51.7 Å². The van der Waals surface area contributed by atoms with Crippen molar-refractivity contribution in [3.63, 3.8) is 0 Å². The number of nitrogens with zero attached hydrogens (tertiary/aromatic N) is 1. The molecule has 0 spiro atoms. The van der Waals surface area contributed by atoms with Crippen LogP contribution in [0.5, 0.6) is 0 Å². The van der Waals surface area contributed by atoms with Crippen molar-refractivity contribution >= 4 is 5.96 Å². The van der Waals surface area contributed by atoms with Crippen LogP contribution >= 0.6 is 0 Å². The fourth-order valence-electron chi connectivity index (χ4n) is 1.83. The molecule has 1 saturated heterocycles. The number of hydrogen-bond donors (Lipinski definition) is 2. The molecule has 0 aromatic heterocycles. The molecule has 106 valence electrons. The first-order valence-corrected chi connectivity index (χ1v) is 7.00. The molecule has 0 aliphatic carbocycles. The second-order valence-corrected chi connectivity index (χ2v) is 4.48. The SMILES string of the molecule is CCCCOCCNC(=NC)NCC1CCCO1. The Morgan fingerprint density at radius 3 is 2.94 bits per heavy atom. The molecule has 0 bridgehead atoms. The highest BCUT2D eigenvalue weighted by atomic mass is 16.5. The van der Waals surface area contributed by atoms with Crippen molar-refractivity contribution in [2.24, 2.45) is 4.99 Å². The Balaban J connectivity index is 1.99. The zero-order valence-corrected chi connectivity index (χ0v) is 11.7. The number of ether oxygens (including phenoxy) is 2. The fourth-order valence-corrected chi connectivity index (χ4v) is 1.83. The molecular weight excluding hydrogens is 230 g/mol. The van der Waals surface area contributed by atoms with Crippen molar-refractivity contribution in [3.05, 3.63) is 0 Å². The molecule has 0 saturated carbocycles. The largest absolute Gasteiger partial charge is 0.380 e. The summed E-state index contributed by atoms with van der Waals surface area (Å²) < 4.78 is 11.0. The molecule has 5 heteroatoms. The van der Waals surface area contributed by atoms with E-state index in [1.165, 1.54) is 12.8 Å². The van der Waals surface area contributed by atoms with Gasteiger partial charge in [0.25, 0.3) is 0 Å². The summed E-state index contributed by atoms with van der Waals surface area (Å²) in [5.74, 6) is 0.824. The van der Waals surface area contributed by atoms with Crippen LogP contribution in [0.4, 0.5) is 0 Å². The Morgan fingerprint density at radius 2 is 2.28 bits per heavy atom. The predicted octanol–water partition coefficient (Wildman–Crippen LogP) is 1.15. The van der Waals surface area contributed by atoms with E-state index in [1.54, 1.807) is 7.05 Å². The van der Waals surface area contributed by atoms with Crippen molar-refractivity contribution in [2.45, 2.75) is 38.7 Å². The summed E-state index contributed by atoms with van der Waals surface area (Å²) in [5, 5.41) is 6.50. The lowest BCUT2D eigenvalue weighted by Gasteiger charge is -2.15. The summed E-state index contributed by atoms with van der Waals surface area (Å²) >= 11 is 0. The highest BCUT2D eigenvalue weighted by molar-refractivity contribution is 5.79. The smallest absolute Gasteiger partial charge is 0.191 e. The number of nitrogens with one attached hydrogen (secondary N) is 2. The van der Waals surface area contributed by atoms with Gasteiger partial charge < -0.3 is 20.1 Å². The highest BCUT2D eigenvalue weighted by Gasteiger charge is 2.15. The zero-order chi connectivity index (χ0) is 13.1. The predicted molar refractivity (Wildman–Crippen MR) is 74.1 cm³/mol. The van der Waals surface area contributed by atoms with Gasteiger partial charge in [-0.15, -0.1) is 0 Å². The third kappa shape index (κ3) is 6.81. The molecule has 1 atom stereocenters. The van der Waals surface area contributed by atoms with Crippen molar-refractivity contribution in [1.82, 2.24) is 10.6 Å². The van der Waals surface area contributed by atoms with Crippen LogP contribution in [0.15, 0.2) is 4.99 Å². The lowest BCUT2D eigenvalue weighted by atomic mass is 10.2. The summed E-state index contributed by atoms with van der Waals surface area (Å²) in [6.45, 7) is 6.24. The molecule has 0 radical (unpaired) electrons. The van der Waals surface area contributed by atoms with E-state index in [-0.39, 0.29) is 0 Å². The van der Waals surface area contributed by atoms with Crippen molar-refractivity contribution in [2.75, 3.05) is 40.0 Å². The van der Waals surface area contributed by atoms with E-state index in [1.807, 2.05) is 0 Å². The van der Waals surface area contributed by atoms with Crippen LogP contribution in [0.2, 0.25) is 0 Å². The van der Waals surface area contributed by atoms with E-state index < -0.39 is 0 Å². The van der Waals surface area contributed by atoms with Crippen LogP contribution in [0.3, 0.4) is 0 Å². The summed E-state index contributed by atoms with van der Waals surface area (Å²) in [6.07, 6.45) is 4.96. The number of rotatable bonds is 8. The van der Waals surface area contributed by atoms with Gasteiger partial charge in [-0.25, -0.2) is 0 Å². The molecule has 1 heterocycles. The second kappa shape index (κ2) is 10.1. The van der Waals surface area contributed by atoms with Crippen molar-refractivity contribution in [3.8, 4) is 0 Å². The number of hydrogen-bond acceptors (Lipinski definition) is 3. The summed E-state index contributed by atoms with van der Waals surface area (Å²) in [4.78, 5) is 4.17. The minimum atomic E-state index is 0.337. The molecule has 1 unspecified atom stereocenters. The summed E-state index contributed by atoms with van der Waals surface area (Å²) in [5.41, 5.74) is 0. The Labute approximate surface area is 110 Å². The van der Waals surface area contributed by atoms with E-state index in [9.17, 15) is 0 Å². The number of aliphatic imine (C=N–C) groups is 1. The minimum Gasteiger partial charge on any atom is -0.380 e. The Bertz CT molecular complexity index is 228. The van der Waals surface area contributed by atoms with Gasteiger partial charge in [-0.3, -0.25) is 4.99 Å². The quantitative estimate of drug-likeness (QED) is 0.389. The molecule has 1 fully saturated rings. The maximum absolute atomic E-state index is 5.55. The van der Waals surface area contributed by atoms with Crippen LogP contribution < -0.4 is 10.6 Å². The monoisotopic (exact) mass is 257 g/mol. The van der Waals surface area contributed by atoms with E-state index in [0.29, 0.717) is 6.10 Å². The lowest BCUT2D eigenvalue weighted by molar-refractivity contribution is 0.113. The van der Waals surface area contributed by atoms with Gasteiger partial charge in [-0.05, 0) is 19.3 Å². The van der Waals surface area contributed by atoms with Gasteiger partial charge in [0.2, 0.25) is 0 Å². The minimum absolute atomic E-state index is 0.337. The third-order valence-corrected chi connectivity index (χ3v) is 2.93. The second-order valence-electron chi connectivity index (χ2n) is 4.48. The van der Waals surface area contributed by atoms with Crippen LogP contribution in [0, 0.1) is 0 Å². The first kappa shape index (κ1) is 15.2. The van der Waals surface area contributed by atoms with Gasteiger partial charge in [0.05, 0.1) is 12.7 Å². The lowest BCUT2D eigenvalue weighted by Crippen LogP contribution is -2.42. The average molecular weight is 257 g/mol. The van der Waals surface area contributed by atoms with E-state index in [4.69, 9.17) is 9.47 Å². The molecule has 5 nitrogen and oxygen atoms in total. The number of guanidine groups is 1. The summed E-state index contributed by atoms with van der Waals surface area (Å²) in [7, 11) is 1.78. The van der Waals surface area contributed by atoms with E-state index in [2.05, 4.69) is 22.5 Å². The van der Waals surface area contributed by atoms with Gasteiger partial charge in [0.1, 0.15) is 0 Å². The molecule has 1 aliphatic heterocycles. The van der Waals surface area contributed by atoms with Gasteiger partial charge in [-0.2, -0.15) is 0 Å². The molecule has 1 aliphatic rings. The van der Waals surface area contributed by atoms with Crippen LogP contribution in [-0.4, -0.2) is 52.0 Å². The molecular formula is C13H27N3O2. The van der Waals surface area contributed by atoms with Gasteiger partial charge in [0, 0.05) is 33.4 Å². The standard InChI is InChI=1S/C13H27N3O2/c1-3-4-8-17-10-7-15-13(14-2)16-11-12-6-5-9-18-12/h12H,3-11H2,1-2H3,(H2,14,15,16). The van der Waals surface area contributed by atoms with Crippen molar-refractivity contribution < 1.29 is 9.47 Å². The fraction of sp³-hybridized carbons (Fsp3) is 0.923. The first-order valence-electron chi connectivity index (χ1n) is 7.00. The van der Waals surface area contributed by atoms with E-state index >= 15 is 0 Å². The average Bonchev–Trinajstić information content (AvgIpc) is 2.90. The Hall–Kier alpha value is -0.810. The van der Waals surface area contributed by atoms with Crippen LogP contribution in [0.25, 0.3) is 0 Å².